The first-order chi connectivity index (χ1) is 15.6. The van der Waals surface area contributed by atoms with Gasteiger partial charge in [0.25, 0.3) is 5.91 Å². The van der Waals surface area contributed by atoms with E-state index in [1.54, 1.807) is 59.4 Å². The third-order valence-corrected chi connectivity index (χ3v) is 4.77. The minimum atomic E-state index is -0.581. The molecule has 1 aliphatic rings. The molecular weight excluding hydrogens is 426 g/mol. The molecule has 1 fully saturated rings. The Hall–Kier alpha value is -3.82. The zero-order chi connectivity index (χ0) is 24.2. The van der Waals surface area contributed by atoms with E-state index in [-0.39, 0.29) is 17.6 Å². The number of hydrogen-bond donors (Lipinski definition) is 2. The minimum absolute atomic E-state index is 0.00943. The molecule has 3 rings (SSSR count). The Morgan fingerprint density at radius 3 is 2.48 bits per heavy atom. The van der Waals surface area contributed by atoms with Crippen molar-refractivity contribution in [1.82, 2.24) is 20.2 Å². The predicted molar refractivity (Wildman–Crippen MR) is 122 cm³/mol. The smallest absolute Gasteiger partial charge is 0.407 e. The Balaban J connectivity index is 1.64. The van der Waals surface area contributed by atoms with Crippen LogP contribution in [0.4, 0.5) is 4.79 Å². The molecule has 2 amide bonds. The number of hydrogen-bond acceptors (Lipinski definition) is 8. The normalized spacial score (nSPS) is 14.3. The van der Waals surface area contributed by atoms with E-state index in [4.69, 9.17) is 19.9 Å². The highest BCUT2D eigenvalue weighted by molar-refractivity contribution is 5.97. The van der Waals surface area contributed by atoms with Crippen LogP contribution in [0.2, 0.25) is 0 Å². The second-order valence-corrected chi connectivity index (χ2v) is 8.52. The van der Waals surface area contributed by atoms with Gasteiger partial charge in [0.1, 0.15) is 11.3 Å². The Kier molecular flexibility index (Phi) is 7.05. The van der Waals surface area contributed by atoms with Crippen LogP contribution in [0, 0.1) is 0 Å². The summed E-state index contributed by atoms with van der Waals surface area (Å²) in [6.07, 6.45) is 2.51. The molecule has 0 saturated carbocycles. The fourth-order valence-electron chi connectivity index (χ4n) is 3.19. The number of benzene rings is 1. The molecule has 1 saturated heterocycles. The molecule has 0 aliphatic carbocycles. The topological polar surface area (TPSA) is 129 Å². The van der Waals surface area contributed by atoms with Crippen LogP contribution in [-0.4, -0.2) is 65.8 Å². The molecule has 0 spiro atoms. The third-order valence-electron chi connectivity index (χ3n) is 4.77. The van der Waals surface area contributed by atoms with Gasteiger partial charge in [-0.25, -0.2) is 14.8 Å². The summed E-state index contributed by atoms with van der Waals surface area (Å²) in [7, 11) is 3.13. The van der Waals surface area contributed by atoms with Gasteiger partial charge in [-0.05, 0) is 45.0 Å². The highest BCUT2D eigenvalue weighted by Gasteiger charge is 2.33. The average Bonchev–Trinajstić information content (AvgIpc) is 2.73. The van der Waals surface area contributed by atoms with Gasteiger partial charge >= 0.3 is 6.09 Å². The zero-order valence-electron chi connectivity index (χ0n) is 19.4. The number of methoxy groups -OCH3 is 2. The summed E-state index contributed by atoms with van der Waals surface area (Å²) >= 11 is 0. The Morgan fingerprint density at radius 2 is 1.85 bits per heavy atom. The van der Waals surface area contributed by atoms with E-state index in [0.717, 1.165) is 5.56 Å². The molecule has 1 aromatic heterocycles. The van der Waals surface area contributed by atoms with Crippen LogP contribution < -0.4 is 20.5 Å². The van der Waals surface area contributed by atoms with Crippen LogP contribution in [-0.2, 0) is 9.53 Å². The number of likely N-dealkylation sites (tertiary alicyclic amines) is 1. The van der Waals surface area contributed by atoms with Crippen molar-refractivity contribution >= 4 is 18.1 Å². The molecule has 176 valence electrons. The quantitative estimate of drug-likeness (QED) is 0.634. The third kappa shape index (κ3) is 6.12. The van der Waals surface area contributed by atoms with Crippen LogP contribution in [0.3, 0.4) is 0 Å². The number of alkyl carbamates (subject to hydrolysis) is 1. The Morgan fingerprint density at radius 1 is 1.15 bits per heavy atom. The lowest BCUT2D eigenvalue weighted by Gasteiger charge is -2.39. The Bertz CT molecular complexity index is 1060. The van der Waals surface area contributed by atoms with E-state index in [9.17, 15) is 9.59 Å². The molecule has 0 unspecified atom stereocenters. The highest BCUT2D eigenvalue weighted by Crippen LogP contribution is 2.31. The van der Waals surface area contributed by atoms with E-state index in [0.29, 0.717) is 36.1 Å². The largest absolute Gasteiger partial charge is 0.493 e. The second-order valence-electron chi connectivity index (χ2n) is 8.52. The summed E-state index contributed by atoms with van der Waals surface area (Å²) in [6.45, 7) is 6.06. The monoisotopic (exact) mass is 455 g/mol. The summed E-state index contributed by atoms with van der Waals surface area (Å²) in [4.78, 5) is 34.6. The molecule has 0 bridgehead atoms. The number of nitrogens with one attached hydrogen (secondary N) is 1. The number of rotatable bonds is 6. The van der Waals surface area contributed by atoms with Crippen LogP contribution in [0.1, 0.15) is 26.6 Å². The van der Waals surface area contributed by atoms with E-state index in [2.05, 4.69) is 15.3 Å². The molecule has 0 radical (unpaired) electrons. The summed E-state index contributed by atoms with van der Waals surface area (Å²) in [5.74, 6) is 1.14. The average molecular weight is 456 g/mol. The molecule has 33 heavy (non-hydrogen) atoms. The van der Waals surface area contributed by atoms with Crippen LogP contribution in [0.5, 0.6) is 11.5 Å². The first-order valence-corrected chi connectivity index (χ1v) is 10.4. The van der Waals surface area contributed by atoms with Crippen LogP contribution in [0.25, 0.3) is 17.3 Å². The maximum Gasteiger partial charge on any atom is 0.407 e. The maximum atomic E-state index is 12.6. The number of carbonyl (C=O) groups is 2. The number of nitrogens with two attached hydrogens (primary N) is 1. The van der Waals surface area contributed by atoms with E-state index >= 15 is 0 Å². The summed E-state index contributed by atoms with van der Waals surface area (Å²) < 4.78 is 15.8. The van der Waals surface area contributed by atoms with Gasteiger partial charge in [0, 0.05) is 30.9 Å². The molecular formula is C23H29N5O5. The standard InChI is InChI=1S/C23H29N5O5/c1-23(2,3)33-22(30)26-15-12-28(13-15)21(29)16(24)11-20-25-9-8-17(27-20)14-6-7-18(31-4)19(10-14)32-5/h6-11,15H,12-13,24H2,1-5H3,(H,26,30). The van der Waals surface area contributed by atoms with Crippen molar-refractivity contribution in [1.29, 1.82) is 0 Å². The molecule has 3 N–H and O–H groups in total. The molecule has 10 heteroatoms. The summed E-state index contributed by atoms with van der Waals surface area (Å²) in [6, 6.07) is 7.01. The summed E-state index contributed by atoms with van der Waals surface area (Å²) in [5, 5.41) is 2.73. The lowest BCUT2D eigenvalue weighted by Crippen LogP contribution is -2.62. The number of nitrogens with zero attached hydrogens (tertiary/aromatic N) is 3. The van der Waals surface area contributed by atoms with Crippen molar-refractivity contribution in [3.05, 3.63) is 42.0 Å². The van der Waals surface area contributed by atoms with Crippen molar-refractivity contribution in [2.45, 2.75) is 32.4 Å². The van der Waals surface area contributed by atoms with Gasteiger partial charge in [0.15, 0.2) is 17.3 Å². The fraction of sp³-hybridized carbons (Fsp3) is 0.391. The van der Waals surface area contributed by atoms with Gasteiger partial charge < -0.3 is 30.2 Å². The summed E-state index contributed by atoms with van der Waals surface area (Å²) in [5.41, 5.74) is 6.87. The first kappa shape index (κ1) is 23.8. The first-order valence-electron chi connectivity index (χ1n) is 10.4. The minimum Gasteiger partial charge on any atom is -0.493 e. The second kappa shape index (κ2) is 9.76. The van der Waals surface area contributed by atoms with Gasteiger partial charge in [0.05, 0.1) is 26.0 Å². The number of amides is 2. The lowest BCUT2D eigenvalue weighted by molar-refractivity contribution is -0.131. The van der Waals surface area contributed by atoms with E-state index in [1.165, 1.54) is 11.0 Å². The molecule has 2 heterocycles. The van der Waals surface area contributed by atoms with Crippen LogP contribution >= 0.6 is 0 Å². The van der Waals surface area contributed by atoms with Gasteiger partial charge in [-0.1, -0.05) is 0 Å². The molecule has 10 nitrogen and oxygen atoms in total. The maximum absolute atomic E-state index is 12.6. The predicted octanol–water partition coefficient (Wildman–Crippen LogP) is 2.20. The van der Waals surface area contributed by atoms with Gasteiger partial charge in [-0.3, -0.25) is 4.79 Å². The van der Waals surface area contributed by atoms with Crippen molar-refractivity contribution in [3.63, 3.8) is 0 Å². The molecule has 1 aromatic carbocycles. The van der Waals surface area contributed by atoms with Gasteiger partial charge in [-0.15, -0.1) is 0 Å². The number of aromatic nitrogens is 2. The molecule has 1 aliphatic heterocycles. The highest BCUT2D eigenvalue weighted by atomic mass is 16.6. The van der Waals surface area contributed by atoms with Gasteiger partial charge in [0.2, 0.25) is 0 Å². The van der Waals surface area contributed by atoms with E-state index in [1.807, 2.05) is 6.07 Å². The molecule has 0 atom stereocenters. The lowest BCUT2D eigenvalue weighted by atomic mass is 10.1. The zero-order valence-corrected chi connectivity index (χ0v) is 19.4. The van der Waals surface area contributed by atoms with Crippen molar-refractivity contribution in [2.24, 2.45) is 5.73 Å². The van der Waals surface area contributed by atoms with Crippen molar-refractivity contribution in [2.75, 3.05) is 27.3 Å². The fourth-order valence-corrected chi connectivity index (χ4v) is 3.19. The van der Waals surface area contributed by atoms with Crippen LogP contribution in [0.15, 0.2) is 36.2 Å². The van der Waals surface area contributed by atoms with Crippen molar-refractivity contribution < 1.29 is 23.8 Å². The number of ether oxygens (including phenoxy) is 3. The van der Waals surface area contributed by atoms with E-state index < -0.39 is 11.7 Å². The Labute approximate surface area is 192 Å². The van der Waals surface area contributed by atoms with Gasteiger partial charge in [-0.2, -0.15) is 0 Å². The van der Waals surface area contributed by atoms with Crippen molar-refractivity contribution in [3.8, 4) is 22.8 Å². The number of carbonyl (C=O) groups excluding carboxylic acids is 2. The SMILES string of the molecule is COc1ccc(-c2ccnc(C=C(N)C(=O)N3CC(NC(=O)OC(C)(C)C)C3)n2)cc1OC. The molecule has 2 aromatic rings.